The molecule has 0 saturated carbocycles. The summed E-state index contributed by atoms with van der Waals surface area (Å²) in [6.07, 6.45) is 0. The minimum Gasteiger partial charge on any atom is -0.489 e. The Bertz CT molecular complexity index is 558. The fraction of sp³-hybridized carbons (Fsp3) is 0.667. The van der Waals surface area contributed by atoms with Crippen LogP contribution in [0.15, 0.2) is 12.1 Å². The number of ether oxygens (including phenoxy) is 2. The lowest BCUT2D eigenvalue weighted by Crippen LogP contribution is -2.47. The summed E-state index contributed by atoms with van der Waals surface area (Å²) < 4.78 is 39.2. The Labute approximate surface area is 148 Å². The van der Waals surface area contributed by atoms with Crippen LogP contribution < -0.4 is 10.2 Å². The average molecular weight is 357 g/mol. The summed E-state index contributed by atoms with van der Waals surface area (Å²) in [6.45, 7) is 10.4. The van der Waals surface area contributed by atoms with Crippen molar-refractivity contribution >= 4 is 0 Å². The van der Waals surface area contributed by atoms with Crippen molar-refractivity contribution in [1.29, 1.82) is 0 Å². The van der Waals surface area contributed by atoms with Crippen LogP contribution in [0.3, 0.4) is 0 Å². The molecule has 1 saturated heterocycles. The van der Waals surface area contributed by atoms with Crippen molar-refractivity contribution in [3.63, 3.8) is 0 Å². The molecule has 0 unspecified atom stereocenters. The van der Waals surface area contributed by atoms with Gasteiger partial charge in [-0.2, -0.15) is 4.39 Å². The number of hydrazine groups is 1. The zero-order valence-electron chi connectivity index (χ0n) is 15.6. The van der Waals surface area contributed by atoms with Gasteiger partial charge >= 0.3 is 0 Å². The minimum absolute atomic E-state index is 0.0429. The SMILES string of the molecule is CN(NCc1ccc(OCCN2CCOCC2)c(F)c1F)C(C)(C)C. The lowest BCUT2D eigenvalue weighted by molar-refractivity contribution is 0.0320. The fourth-order valence-electron chi connectivity index (χ4n) is 2.37. The maximum atomic E-state index is 14.3. The molecule has 1 aliphatic rings. The van der Waals surface area contributed by atoms with Crippen molar-refractivity contribution in [2.45, 2.75) is 32.9 Å². The molecule has 5 nitrogen and oxygen atoms in total. The second-order valence-electron chi connectivity index (χ2n) is 7.22. The van der Waals surface area contributed by atoms with Crippen LogP contribution in [0.5, 0.6) is 5.75 Å². The molecule has 1 fully saturated rings. The normalized spacial score (nSPS) is 16.4. The van der Waals surface area contributed by atoms with Crippen LogP contribution in [0.4, 0.5) is 8.78 Å². The Kier molecular flexibility index (Phi) is 7.13. The van der Waals surface area contributed by atoms with E-state index in [1.165, 1.54) is 6.07 Å². The Morgan fingerprint density at radius 1 is 1.20 bits per heavy atom. The van der Waals surface area contributed by atoms with Gasteiger partial charge in [0.2, 0.25) is 5.82 Å². The van der Waals surface area contributed by atoms with Crippen LogP contribution in [0.25, 0.3) is 0 Å². The molecule has 2 rings (SSSR count). The Morgan fingerprint density at radius 3 is 2.52 bits per heavy atom. The molecule has 142 valence electrons. The summed E-state index contributed by atoms with van der Waals surface area (Å²) in [4.78, 5) is 2.18. The van der Waals surface area contributed by atoms with Crippen LogP contribution in [-0.4, -0.2) is 62.0 Å². The zero-order valence-corrected chi connectivity index (χ0v) is 15.6. The second kappa shape index (κ2) is 8.89. The molecule has 1 aliphatic heterocycles. The van der Waals surface area contributed by atoms with E-state index in [1.54, 1.807) is 6.07 Å². The molecular weight excluding hydrogens is 328 g/mol. The topological polar surface area (TPSA) is 37.0 Å². The van der Waals surface area contributed by atoms with Crippen LogP contribution in [-0.2, 0) is 11.3 Å². The minimum atomic E-state index is -0.931. The van der Waals surface area contributed by atoms with E-state index in [4.69, 9.17) is 9.47 Å². The van der Waals surface area contributed by atoms with Crippen molar-refractivity contribution in [2.75, 3.05) is 46.5 Å². The quantitative estimate of drug-likeness (QED) is 0.759. The van der Waals surface area contributed by atoms with E-state index < -0.39 is 11.6 Å². The van der Waals surface area contributed by atoms with Crippen LogP contribution >= 0.6 is 0 Å². The molecule has 1 aromatic rings. The van der Waals surface area contributed by atoms with Gasteiger partial charge in [0.15, 0.2) is 11.6 Å². The largest absolute Gasteiger partial charge is 0.489 e. The predicted molar refractivity (Wildman–Crippen MR) is 93.5 cm³/mol. The maximum Gasteiger partial charge on any atom is 0.200 e. The standard InChI is InChI=1S/C18H29F2N3O2/c1-18(2,3)22(4)21-13-14-5-6-15(17(20)16(14)19)25-12-9-23-7-10-24-11-8-23/h5-6,21H,7-13H2,1-4H3. The first-order valence-electron chi connectivity index (χ1n) is 8.66. The van der Waals surface area contributed by atoms with Gasteiger partial charge in [0.05, 0.1) is 13.2 Å². The highest BCUT2D eigenvalue weighted by Gasteiger charge is 2.19. The lowest BCUT2D eigenvalue weighted by atomic mass is 10.1. The van der Waals surface area contributed by atoms with E-state index in [-0.39, 0.29) is 23.4 Å². The summed E-state index contributed by atoms with van der Waals surface area (Å²) in [5, 5.41) is 1.87. The number of halogens is 2. The van der Waals surface area contributed by atoms with Gasteiger partial charge in [-0.05, 0) is 26.8 Å². The monoisotopic (exact) mass is 357 g/mol. The van der Waals surface area contributed by atoms with E-state index in [0.29, 0.717) is 26.4 Å². The molecule has 7 heteroatoms. The highest BCUT2D eigenvalue weighted by Crippen LogP contribution is 2.23. The van der Waals surface area contributed by atoms with Gasteiger partial charge in [0.25, 0.3) is 0 Å². The Balaban J connectivity index is 1.88. The zero-order chi connectivity index (χ0) is 18.4. The van der Waals surface area contributed by atoms with Crippen molar-refractivity contribution in [2.24, 2.45) is 0 Å². The van der Waals surface area contributed by atoms with E-state index in [1.807, 2.05) is 32.8 Å². The van der Waals surface area contributed by atoms with Crippen LogP contribution in [0.1, 0.15) is 26.3 Å². The molecule has 0 bridgehead atoms. The van der Waals surface area contributed by atoms with Crippen molar-refractivity contribution in [3.8, 4) is 5.75 Å². The molecule has 0 atom stereocenters. The summed E-state index contributed by atoms with van der Waals surface area (Å²) >= 11 is 0. The van der Waals surface area contributed by atoms with E-state index in [2.05, 4.69) is 10.3 Å². The van der Waals surface area contributed by atoms with Crippen LogP contribution in [0, 0.1) is 11.6 Å². The number of benzene rings is 1. The molecule has 0 spiro atoms. The summed E-state index contributed by atoms with van der Waals surface area (Å²) in [7, 11) is 1.87. The van der Waals surface area contributed by atoms with Gasteiger partial charge in [0.1, 0.15) is 6.61 Å². The average Bonchev–Trinajstić information content (AvgIpc) is 2.57. The van der Waals surface area contributed by atoms with E-state index in [0.717, 1.165) is 13.1 Å². The van der Waals surface area contributed by atoms with Crippen molar-refractivity contribution in [3.05, 3.63) is 29.3 Å². The Morgan fingerprint density at radius 2 is 1.88 bits per heavy atom. The molecule has 1 heterocycles. The molecular formula is C18H29F2N3O2. The summed E-state index contributed by atoms with van der Waals surface area (Å²) in [5.74, 6) is -1.84. The summed E-state index contributed by atoms with van der Waals surface area (Å²) in [5.41, 5.74) is 3.24. The number of nitrogens with one attached hydrogen (secondary N) is 1. The highest BCUT2D eigenvalue weighted by atomic mass is 19.2. The Hall–Kier alpha value is -1.28. The fourth-order valence-corrected chi connectivity index (χ4v) is 2.37. The van der Waals surface area contributed by atoms with E-state index in [9.17, 15) is 8.78 Å². The smallest absolute Gasteiger partial charge is 0.200 e. The third-order valence-corrected chi connectivity index (χ3v) is 4.41. The summed E-state index contributed by atoms with van der Waals surface area (Å²) in [6, 6.07) is 3.05. The van der Waals surface area contributed by atoms with Crippen molar-refractivity contribution < 1.29 is 18.3 Å². The predicted octanol–water partition coefficient (Wildman–Crippen LogP) is 2.41. The molecule has 0 aliphatic carbocycles. The number of hydrogen-bond donors (Lipinski definition) is 1. The van der Waals surface area contributed by atoms with E-state index >= 15 is 0 Å². The highest BCUT2D eigenvalue weighted by molar-refractivity contribution is 5.31. The molecule has 0 radical (unpaired) electrons. The molecule has 25 heavy (non-hydrogen) atoms. The maximum absolute atomic E-state index is 14.3. The number of rotatable bonds is 7. The first-order chi connectivity index (χ1) is 11.8. The van der Waals surface area contributed by atoms with Gasteiger partial charge in [-0.25, -0.2) is 9.40 Å². The first-order valence-corrected chi connectivity index (χ1v) is 8.66. The molecule has 1 aromatic carbocycles. The lowest BCUT2D eigenvalue weighted by Gasteiger charge is -2.32. The molecule has 0 aromatic heterocycles. The van der Waals surface area contributed by atoms with Crippen molar-refractivity contribution in [1.82, 2.24) is 15.3 Å². The first kappa shape index (κ1) is 20.0. The second-order valence-corrected chi connectivity index (χ2v) is 7.22. The molecule has 0 amide bonds. The van der Waals surface area contributed by atoms with Gasteiger partial charge in [0, 0.05) is 44.3 Å². The van der Waals surface area contributed by atoms with Gasteiger partial charge in [-0.3, -0.25) is 10.3 Å². The van der Waals surface area contributed by atoms with Crippen LogP contribution in [0.2, 0.25) is 0 Å². The third-order valence-electron chi connectivity index (χ3n) is 4.41. The molecule has 1 N–H and O–H groups in total. The van der Waals surface area contributed by atoms with Gasteiger partial charge < -0.3 is 9.47 Å². The number of hydrogen-bond acceptors (Lipinski definition) is 5. The third kappa shape index (κ3) is 5.88. The van der Waals surface area contributed by atoms with Gasteiger partial charge in [-0.15, -0.1) is 0 Å². The number of nitrogens with zero attached hydrogens (tertiary/aromatic N) is 2. The van der Waals surface area contributed by atoms with Gasteiger partial charge in [-0.1, -0.05) is 6.07 Å². The number of morpholine rings is 1.